The van der Waals surface area contributed by atoms with Crippen molar-refractivity contribution in [3.8, 4) is 0 Å². The topological polar surface area (TPSA) is 46.2 Å². The molecule has 0 amide bonds. The number of benzene rings is 1. The van der Waals surface area contributed by atoms with Crippen molar-refractivity contribution >= 4 is 21.4 Å². The number of sulfone groups is 1. The maximum absolute atomic E-state index is 11.7. The van der Waals surface area contributed by atoms with Gasteiger partial charge in [0.15, 0.2) is 0 Å². The number of rotatable bonds is 9. The van der Waals surface area contributed by atoms with Crippen LogP contribution in [0.4, 0.5) is 0 Å². The predicted molar refractivity (Wildman–Crippen MR) is 90.8 cm³/mol. The summed E-state index contributed by atoms with van der Waals surface area (Å²) in [6, 6.07) is 7.70. The molecule has 0 saturated heterocycles. The molecule has 0 aliphatic rings. The Balaban J connectivity index is 2.77. The molecule has 5 heteroatoms. The van der Waals surface area contributed by atoms with Crippen molar-refractivity contribution in [3.63, 3.8) is 0 Å². The Hall–Kier alpha value is -0.580. The van der Waals surface area contributed by atoms with E-state index in [9.17, 15) is 8.42 Å². The molecule has 1 N–H and O–H groups in total. The molecule has 0 saturated carbocycles. The van der Waals surface area contributed by atoms with Gasteiger partial charge in [-0.25, -0.2) is 8.42 Å². The molecule has 1 aromatic carbocycles. The van der Waals surface area contributed by atoms with Crippen molar-refractivity contribution in [2.45, 2.75) is 33.1 Å². The second-order valence-electron chi connectivity index (χ2n) is 5.80. The van der Waals surface area contributed by atoms with E-state index in [1.807, 2.05) is 24.3 Å². The molecule has 0 spiro atoms. The molecule has 0 aliphatic heterocycles. The fraction of sp³-hybridized carbons (Fsp3) is 0.625. The predicted octanol–water partition coefficient (Wildman–Crippen LogP) is 3.49. The molecule has 0 heterocycles. The van der Waals surface area contributed by atoms with Gasteiger partial charge < -0.3 is 5.32 Å². The zero-order valence-electron chi connectivity index (χ0n) is 13.1. The van der Waals surface area contributed by atoms with E-state index in [1.54, 1.807) is 6.92 Å². The van der Waals surface area contributed by atoms with Crippen LogP contribution in [-0.2, 0) is 9.84 Å². The zero-order chi connectivity index (χ0) is 15.9. The maximum Gasteiger partial charge on any atom is 0.150 e. The van der Waals surface area contributed by atoms with E-state index in [2.05, 4.69) is 19.2 Å². The summed E-state index contributed by atoms with van der Waals surface area (Å²) < 4.78 is 23.5. The van der Waals surface area contributed by atoms with E-state index < -0.39 is 9.84 Å². The lowest BCUT2D eigenvalue weighted by molar-refractivity contribution is 0.507. The van der Waals surface area contributed by atoms with Gasteiger partial charge in [-0.1, -0.05) is 50.6 Å². The van der Waals surface area contributed by atoms with Gasteiger partial charge in [0.05, 0.1) is 5.75 Å². The molecule has 0 radical (unpaired) electrons. The quantitative estimate of drug-likeness (QED) is 0.753. The molecule has 1 aromatic rings. The molecule has 1 atom stereocenters. The third kappa shape index (κ3) is 6.81. The van der Waals surface area contributed by atoms with Crippen molar-refractivity contribution in [2.75, 3.05) is 24.6 Å². The molecule has 21 heavy (non-hydrogen) atoms. The van der Waals surface area contributed by atoms with Crippen molar-refractivity contribution in [1.29, 1.82) is 0 Å². The van der Waals surface area contributed by atoms with Crippen molar-refractivity contribution in [3.05, 3.63) is 34.9 Å². The van der Waals surface area contributed by atoms with Crippen LogP contribution < -0.4 is 5.32 Å². The van der Waals surface area contributed by atoms with Gasteiger partial charge in [-0.3, -0.25) is 0 Å². The number of hydrogen-bond donors (Lipinski definition) is 1. The van der Waals surface area contributed by atoms with E-state index in [1.165, 1.54) is 0 Å². The summed E-state index contributed by atoms with van der Waals surface area (Å²) in [6.07, 6.45) is 0.602. The second-order valence-corrected chi connectivity index (χ2v) is 8.68. The van der Waals surface area contributed by atoms with E-state index in [0.29, 0.717) is 17.4 Å². The highest BCUT2D eigenvalue weighted by Gasteiger charge is 2.18. The Morgan fingerprint density at radius 3 is 2.43 bits per heavy atom. The van der Waals surface area contributed by atoms with Crippen LogP contribution in [0.25, 0.3) is 0 Å². The van der Waals surface area contributed by atoms with E-state index in [4.69, 9.17) is 11.6 Å². The molecular weight excluding hydrogens is 306 g/mol. The van der Waals surface area contributed by atoms with Crippen molar-refractivity contribution < 1.29 is 8.42 Å². The van der Waals surface area contributed by atoms with Crippen LogP contribution in [0, 0.1) is 5.92 Å². The van der Waals surface area contributed by atoms with Gasteiger partial charge in [-0.2, -0.15) is 0 Å². The summed E-state index contributed by atoms with van der Waals surface area (Å²) in [4.78, 5) is 0. The first-order chi connectivity index (χ1) is 9.85. The molecular formula is C16H26ClNO2S. The summed E-state index contributed by atoms with van der Waals surface area (Å²) in [5, 5.41) is 4.12. The minimum absolute atomic E-state index is 0.124. The molecule has 120 valence electrons. The van der Waals surface area contributed by atoms with Crippen molar-refractivity contribution in [2.24, 2.45) is 5.92 Å². The van der Waals surface area contributed by atoms with E-state index in [0.717, 1.165) is 18.7 Å². The minimum Gasteiger partial charge on any atom is -0.316 e. The van der Waals surface area contributed by atoms with Gasteiger partial charge in [0.25, 0.3) is 0 Å². The highest BCUT2D eigenvalue weighted by molar-refractivity contribution is 7.91. The zero-order valence-corrected chi connectivity index (χ0v) is 14.7. The molecule has 3 nitrogen and oxygen atoms in total. The Kier molecular flexibility index (Phi) is 7.71. The van der Waals surface area contributed by atoms with Crippen LogP contribution in [0.1, 0.15) is 38.7 Å². The average Bonchev–Trinajstić information content (AvgIpc) is 2.43. The van der Waals surface area contributed by atoms with Crippen LogP contribution in [0.15, 0.2) is 24.3 Å². The van der Waals surface area contributed by atoms with Crippen LogP contribution in [-0.4, -0.2) is 33.0 Å². The second kappa shape index (κ2) is 8.76. The van der Waals surface area contributed by atoms with E-state index in [-0.39, 0.29) is 17.4 Å². The van der Waals surface area contributed by atoms with Gasteiger partial charge in [0.1, 0.15) is 9.84 Å². The lowest BCUT2D eigenvalue weighted by atomic mass is 9.96. The van der Waals surface area contributed by atoms with Gasteiger partial charge in [-0.05, 0) is 36.4 Å². The van der Waals surface area contributed by atoms with Crippen LogP contribution in [0.2, 0.25) is 5.02 Å². The molecule has 0 aromatic heterocycles. The summed E-state index contributed by atoms with van der Waals surface area (Å²) in [5.74, 6) is 1.10. The monoisotopic (exact) mass is 331 g/mol. The lowest BCUT2D eigenvalue weighted by Gasteiger charge is -2.20. The summed E-state index contributed by atoms with van der Waals surface area (Å²) in [7, 11) is -2.95. The van der Waals surface area contributed by atoms with Gasteiger partial charge >= 0.3 is 0 Å². The summed E-state index contributed by atoms with van der Waals surface area (Å²) >= 11 is 6.27. The van der Waals surface area contributed by atoms with Gasteiger partial charge in [0.2, 0.25) is 0 Å². The molecule has 0 aliphatic carbocycles. The fourth-order valence-electron chi connectivity index (χ4n) is 2.19. The smallest absolute Gasteiger partial charge is 0.150 e. The Morgan fingerprint density at radius 1 is 1.19 bits per heavy atom. The van der Waals surface area contributed by atoms with Crippen LogP contribution >= 0.6 is 11.6 Å². The van der Waals surface area contributed by atoms with E-state index >= 15 is 0 Å². The number of halogens is 1. The summed E-state index contributed by atoms with van der Waals surface area (Å²) in [5.41, 5.74) is 1.03. The summed E-state index contributed by atoms with van der Waals surface area (Å²) in [6.45, 7) is 7.66. The molecule has 0 fully saturated rings. The number of hydrogen-bond acceptors (Lipinski definition) is 3. The Bertz CT molecular complexity index is 529. The Labute approximate surface area is 134 Å². The third-order valence-corrected chi connectivity index (χ3v) is 5.59. The average molecular weight is 332 g/mol. The standard InChI is InChI=1S/C16H26ClNO2S/c1-4-21(19,20)10-9-14(12-18-11-13(2)3)15-7-5-6-8-16(15)17/h5-8,13-14,18H,4,9-12H2,1-3H3. The lowest BCUT2D eigenvalue weighted by Crippen LogP contribution is -2.27. The third-order valence-electron chi connectivity index (χ3n) is 3.51. The molecule has 1 rings (SSSR count). The highest BCUT2D eigenvalue weighted by Crippen LogP contribution is 2.27. The van der Waals surface area contributed by atoms with Gasteiger partial charge in [0, 0.05) is 17.3 Å². The fourth-order valence-corrected chi connectivity index (χ4v) is 3.41. The normalized spacial score (nSPS) is 13.6. The highest BCUT2D eigenvalue weighted by atomic mass is 35.5. The Morgan fingerprint density at radius 2 is 1.86 bits per heavy atom. The molecule has 0 bridgehead atoms. The maximum atomic E-state index is 11.7. The minimum atomic E-state index is -2.95. The van der Waals surface area contributed by atoms with Crippen LogP contribution in [0.3, 0.4) is 0 Å². The van der Waals surface area contributed by atoms with Crippen LogP contribution in [0.5, 0.6) is 0 Å². The first-order valence-electron chi connectivity index (χ1n) is 7.51. The first-order valence-corrected chi connectivity index (χ1v) is 9.71. The van der Waals surface area contributed by atoms with Gasteiger partial charge in [-0.15, -0.1) is 0 Å². The SMILES string of the molecule is CCS(=O)(=O)CCC(CNCC(C)C)c1ccccc1Cl. The number of nitrogens with one attached hydrogen (secondary N) is 1. The molecule has 1 unspecified atom stereocenters. The first kappa shape index (κ1) is 18.5. The largest absolute Gasteiger partial charge is 0.316 e. The van der Waals surface area contributed by atoms with Crippen molar-refractivity contribution in [1.82, 2.24) is 5.32 Å².